The molecule has 0 unspecified atom stereocenters. The molecule has 0 saturated carbocycles. The lowest BCUT2D eigenvalue weighted by Gasteiger charge is -2.13. The maximum atomic E-state index is 13.7. The van der Waals surface area contributed by atoms with Crippen LogP contribution in [0.15, 0.2) is 119 Å². The average molecular weight is 476 g/mol. The van der Waals surface area contributed by atoms with E-state index in [-0.39, 0.29) is 11.1 Å². The zero-order chi connectivity index (χ0) is 23.8. The van der Waals surface area contributed by atoms with Crippen molar-refractivity contribution in [3.05, 3.63) is 125 Å². The summed E-state index contributed by atoms with van der Waals surface area (Å²) in [5.74, 6) is 0.952. The molecule has 0 atom stereocenters. The average Bonchev–Trinajstić information content (AvgIpc) is 3.35. The van der Waals surface area contributed by atoms with Crippen molar-refractivity contribution >= 4 is 22.6 Å². The SMILES string of the molecule is O=c1c2noc(-c3ccccc3)c2nc(-c2ccc(-c3ccccc3)cc2)n1-c1ccc(Cl)cc1. The van der Waals surface area contributed by atoms with E-state index in [2.05, 4.69) is 17.3 Å². The lowest BCUT2D eigenvalue weighted by atomic mass is 10.0. The Morgan fingerprint density at radius 3 is 1.86 bits per heavy atom. The van der Waals surface area contributed by atoms with Crippen LogP contribution in [0.25, 0.3) is 50.6 Å². The molecule has 0 amide bonds. The molecule has 0 aliphatic carbocycles. The molecular weight excluding hydrogens is 458 g/mol. The summed E-state index contributed by atoms with van der Waals surface area (Å²) in [5.41, 5.74) is 4.70. The molecule has 0 spiro atoms. The zero-order valence-corrected chi connectivity index (χ0v) is 19.2. The van der Waals surface area contributed by atoms with Crippen LogP contribution in [0.5, 0.6) is 0 Å². The first-order chi connectivity index (χ1) is 17.2. The van der Waals surface area contributed by atoms with Gasteiger partial charge in [-0.15, -0.1) is 0 Å². The van der Waals surface area contributed by atoms with Gasteiger partial charge in [0.1, 0.15) is 11.3 Å². The van der Waals surface area contributed by atoms with Crippen LogP contribution in [0.4, 0.5) is 0 Å². The Kier molecular flexibility index (Phi) is 5.24. The summed E-state index contributed by atoms with van der Waals surface area (Å²) in [5, 5.41) is 4.67. The zero-order valence-electron chi connectivity index (χ0n) is 18.4. The van der Waals surface area contributed by atoms with E-state index < -0.39 is 0 Å². The molecule has 6 aromatic rings. The Morgan fingerprint density at radius 1 is 0.629 bits per heavy atom. The van der Waals surface area contributed by atoms with E-state index in [0.29, 0.717) is 27.8 Å². The fourth-order valence-corrected chi connectivity index (χ4v) is 4.26. The molecule has 35 heavy (non-hydrogen) atoms. The van der Waals surface area contributed by atoms with E-state index in [1.807, 2.05) is 72.8 Å². The summed E-state index contributed by atoms with van der Waals surface area (Å²) in [7, 11) is 0. The second-order valence-corrected chi connectivity index (χ2v) is 8.51. The monoisotopic (exact) mass is 475 g/mol. The molecule has 2 heterocycles. The number of aromatic nitrogens is 3. The summed E-state index contributed by atoms with van der Waals surface area (Å²) in [4.78, 5) is 18.6. The fourth-order valence-electron chi connectivity index (χ4n) is 4.13. The maximum Gasteiger partial charge on any atom is 0.288 e. The molecule has 168 valence electrons. The van der Waals surface area contributed by atoms with Crippen LogP contribution in [0.3, 0.4) is 0 Å². The largest absolute Gasteiger partial charge is 0.353 e. The van der Waals surface area contributed by atoms with Crippen LogP contribution < -0.4 is 5.56 Å². The molecule has 0 bridgehead atoms. The molecule has 2 aromatic heterocycles. The second-order valence-electron chi connectivity index (χ2n) is 8.07. The lowest BCUT2D eigenvalue weighted by Crippen LogP contribution is -2.22. The predicted molar refractivity (Wildman–Crippen MR) is 139 cm³/mol. The van der Waals surface area contributed by atoms with Crippen LogP contribution >= 0.6 is 11.6 Å². The minimum atomic E-state index is -0.314. The highest BCUT2D eigenvalue weighted by Crippen LogP contribution is 2.30. The van der Waals surface area contributed by atoms with Crippen molar-refractivity contribution < 1.29 is 4.52 Å². The van der Waals surface area contributed by atoms with Gasteiger partial charge in [-0.2, -0.15) is 0 Å². The van der Waals surface area contributed by atoms with Crippen molar-refractivity contribution in [1.82, 2.24) is 14.7 Å². The predicted octanol–water partition coefficient (Wildman–Crippen LogP) is 7.03. The van der Waals surface area contributed by atoms with Gasteiger partial charge in [-0.1, -0.05) is 102 Å². The molecule has 0 N–H and O–H groups in total. The molecule has 6 heteroatoms. The van der Waals surface area contributed by atoms with Gasteiger partial charge in [0.15, 0.2) is 11.3 Å². The third-order valence-corrected chi connectivity index (χ3v) is 6.13. The molecule has 0 aliphatic rings. The summed E-state index contributed by atoms with van der Waals surface area (Å²) >= 11 is 6.11. The van der Waals surface area contributed by atoms with E-state index in [1.165, 1.54) is 0 Å². The number of rotatable bonds is 4. The molecule has 5 nitrogen and oxygen atoms in total. The first-order valence-electron chi connectivity index (χ1n) is 11.1. The molecule has 0 aliphatic heterocycles. The minimum absolute atomic E-state index is 0.170. The van der Waals surface area contributed by atoms with Crippen LogP contribution in [-0.4, -0.2) is 14.7 Å². The Hall–Kier alpha value is -4.48. The Morgan fingerprint density at radius 2 is 1.20 bits per heavy atom. The van der Waals surface area contributed by atoms with Gasteiger partial charge in [-0.25, -0.2) is 4.98 Å². The number of halogens is 1. The number of hydrogen-bond acceptors (Lipinski definition) is 4. The molecule has 0 radical (unpaired) electrons. The van der Waals surface area contributed by atoms with Crippen LogP contribution in [0.2, 0.25) is 5.02 Å². The van der Waals surface area contributed by atoms with Crippen LogP contribution in [0, 0.1) is 0 Å². The van der Waals surface area contributed by atoms with Crippen molar-refractivity contribution in [2.24, 2.45) is 0 Å². The molecule has 6 rings (SSSR count). The van der Waals surface area contributed by atoms with Crippen molar-refractivity contribution in [1.29, 1.82) is 0 Å². The standard InChI is InChI=1S/C29H18ClN3O2/c30-23-15-17-24(18-16-23)33-28(22-13-11-20(12-14-22)19-7-3-1-4-8-19)31-25-26(29(33)34)32-35-27(25)21-9-5-2-6-10-21/h1-18H. The van der Waals surface area contributed by atoms with Gasteiger partial charge in [0.2, 0.25) is 0 Å². The highest BCUT2D eigenvalue weighted by atomic mass is 35.5. The van der Waals surface area contributed by atoms with Crippen LogP contribution in [0.1, 0.15) is 0 Å². The van der Waals surface area contributed by atoms with Gasteiger partial charge in [0.05, 0.1) is 5.69 Å². The number of fused-ring (bicyclic) bond motifs is 1. The molecule has 0 saturated heterocycles. The summed E-state index contributed by atoms with van der Waals surface area (Å²) in [6, 6.07) is 34.7. The van der Waals surface area contributed by atoms with Crippen molar-refractivity contribution in [2.75, 3.05) is 0 Å². The first-order valence-corrected chi connectivity index (χ1v) is 11.5. The quantitative estimate of drug-likeness (QED) is 0.274. The summed E-state index contributed by atoms with van der Waals surface area (Å²) in [6.45, 7) is 0. The van der Waals surface area contributed by atoms with Gasteiger partial charge in [0.25, 0.3) is 5.56 Å². The molecular formula is C29H18ClN3O2. The van der Waals surface area contributed by atoms with Gasteiger partial charge < -0.3 is 4.52 Å². The normalized spacial score (nSPS) is 11.1. The lowest BCUT2D eigenvalue weighted by molar-refractivity contribution is 0.440. The fraction of sp³-hybridized carbons (Fsp3) is 0. The Balaban J connectivity index is 1.59. The highest BCUT2D eigenvalue weighted by Gasteiger charge is 2.21. The van der Waals surface area contributed by atoms with Crippen LogP contribution in [-0.2, 0) is 0 Å². The summed E-state index contributed by atoms with van der Waals surface area (Å²) in [6.07, 6.45) is 0. The number of nitrogens with zero attached hydrogens (tertiary/aromatic N) is 3. The number of benzene rings is 4. The smallest absolute Gasteiger partial charge is 0.288 e. The van der Waals surface area contributed by atoms with Gasteiger partial charge in [-0.3, -0.25) is 9.36 Å². The summed E-state index contributed by atoms with van der Waals surface area (Å²) < 4.78 is 7.16. The van der Waals surface area contributed by atoms with E-state index in [9.17, 15) is 4.79 Å². The van der Waals surface area contributed by atoms with E-state index in [4.69, 9.17) is 21.1 Å². The first kappa shape index (κ1) is 21.1. The van der Waals surface area contributed by atoms with Gasteiger partial charge in [0, 0.05) is 16.1 Å². The number of hydrogen-bond donors (Lipinski definition) is 0. The van der Waals surface area contributed by atoms with E-state index in [1.54, 1.807) is 28.8 Å². The highest BCUT2D eigenvalue weighted by molar-refractivity contribution is 6.30. The van der Waals surface area contributed by atoms with Gasteiger partial charge in [-0.05, 0) is 35.4 Å². The van der Waals surface area contributed by atoms with E-state index >= 15 is 0 Å². The third-order valence-electron chi connectivity index (χ3n) is 5.87. The maximum absolute atomic E-state index is 13.7. The van der Waals surface area contributed by atoms with Crippen molar-refractivity contribution in [2.45, 2.75) is 0 Å². The van der Waals surface area contributed by atoms with E-state index in [0.717, 1.165) is 22.3 Å². The minimum Gasteiger partial charge on any atom is -0.353 e. The second kappa shape index (κ2) is 8.70. The molecule has 0 fully saturated rings. The van der Waals surface area contributed by atoms with Gasteiger partial charge >= 0.3 is 0 Å². The third kappa shape index (κ3) is 3.82. The Labute approximate surface area is 205 Å². The Bertz CT molecular complexity index is 1690. The van der Waals surface area contributed by atoms with Crippen molar-refractivity contribution in [3.63, 3.8) is 0 Å². The van der Waals surface area contributed by atoms with Crippen molar-refractivity contribution in [3.8, 4) is 39.5 Å². The molecule has 4 aromatic carbocycles. The topological polar surface area (TPSA) is 60.9 Å².